The van der Waals surface area contributed by atoms with Crippen molar-refractivity contribution in [2.75, 3.05) is 0 Å². The number of rotatable bonds is 4. The van der Waals surface area contributed by atoms with Crippen LogP contribution in [0.3, 0.4) is 0 Å². The second-order valence-corrected chi connectivity index (χ2v) is 12.6. The second-order valence-electron chi connectivity index (χ2n) is 12.6. The lowest BCUT2D eigenvalue weighted by molar-refractivity contribution is 0.669. The minimum atomic E-state index is 0.673. The van der Waals surface area contributed by atoms with Crippen LogP contribution in [0.4, 0.5) is 0 Å². The first-order chi connectivity index (χ1) is 24.2. The van der Waals surface area contributed by atoms with Crippen molar-refractivity contribution in [2.24, 2.45) is 0 Å². The summed E-state index contributed by atoms with van der Waals surface area (Å²) in [6.45, 7) is 2.14. The van der Waals surface area contributed by atoms with Gasteiger partial charge in [0.2, 0.25) is 0 Å². The summed E-state index contributed by atoms with van der Waals surface area (Å²) in [7, 11) is 0. The zero-order chi connectivity index (χ0) is 32.5. The topological polar surface area (TPSA) is 43.9 Å². The van der Waals surface area contributed by atoms with Crippen molar-refractivity contribution in [1.29, 1.82) is 0 Å². The van der Waals surface area contributed by atoms with Gasteiger partial charge in [-0.3, -0.25) is 0 Å². The van der Waals surface area contributed by atoms with Gasteiger partial charge in [-0.05, 0) is 54.1 Å². The normalized spacial score (nSPS) is 11.8. The molecule has 4 nitrogen and oxygen atoms in total. The van der Waals surface area contributed by atoms with Gasteiger partial charge >= 0.3 is 0 Å². The molecular weight excluding hydrogens is 599 g/mol. The molecule has 0 fully saturated rings. The molecule has 7 aromatic carbocycles. The molecule has 49 heavy (non-hydrogen) atoms. The number of hydrogen-bond donors (Lipinski definition) is 0. The number of benzene rings is 7. The van der Waals surface area contributed by atoms with Gasteiger partial charge in [0.05, 0.1) is 33.7 Å². The quantitative estimate of drug-likeness (QED) is 0.195. The Bertz CT molecular complexity index is 2880. The van der Waals surface area contributed by atoms with Crippen molar-refractivity contribution >= 4 is 54.5 Å². The zero-order valence-electron chi connectivity index (χ0n) is 26.8. The van der Waals surface area contributed by atoms with Gasteiger partial charge in [0.25, 0.3) is 0 Å². The van der Waals surface area contributed by atoms with Crippen LogP contribution in [-0.2, 0) is 0 Å². The largest absolute Gasteiger partial charge is 0.455 e. The van der Waals surface area contributed by atoms with Gasteiger partial charge < -0.3 is 8.98 Å². The van der Waals surface area contributed by atoms with Gasteiger partial charge in [-0.25, -0.2) is 9.97 Å². The van der Waals surface area contributed by atoms with Crippen molar-refractivity contribution in [3.8, 4) is 39.6 Å². The molecule has 3 heterocycles. The summed E-state index contributed by atoms with van der Waals surface area (Å²) in [4.78, 5) is 10.6. The first kappa shape index (κ1) is 27.6. The van der Waals surface area contributed by atoms with Crippen LogP contribution in [0.15, 0.2) is 162 Å². The Morgan fingerprint density at radius 3 is 1.92 bits per heavy atom. The number of nitrogens with zero attached hydrogens (tertiary/aromatic N) is 3. The molecule has 0 radical (unpaired) electrons. The third-order valence-electron chi connectivity index (χ3n) is 9.77. The zero-order valence-corrected chi connectivity index (χ0v) is 26.8. The van der Waals surface area contributed by atoms with E-state index in [4.69, 9.17) is 14.4 Å². The van der Waals surface area contributed by atoms with Crippen LogP contribution in [-0.4, -0.2) is 14.5 Å². The summed E-state index contributed by atoms with van der Waals surface area (Å²) >= 11 is 0. The van der Waals surface area contributed by atoms with E-state index in [2.05, 4.69) is 133 Å². The molecule has 10 rings (SSSR count). The summed E-state index contributed by atoms with van der Waals surface area (Å²) in [6.07, 6.45) is 0. The molecule has 0 amide bonds. The Kier molecular flexibility index (Phi) is 6.06. The predicted octanol–water partition coefficient (Wildman–Crippen LogP) is 11.9. The van der Waals surface area contributed by atoms with E-state index in [9.17, 15) is 0 Å². The number of para-hydroxylation sites is 2. The Balaban J connectivity index is 1.39. The first-order valence-corrected chi connectivity index (χ1v) is 16.6. The molecule has 0 aliphatic carbocycles. The van der Waals surface area contributed by atoms with E-state index in [-0.39, 0.29) is 0 Å². The molecule has 0 bridgehead atoms. The lowest BCUT2D eigenvalue weighted by Gasteiger charge is -2.18. The van der Waals surface area contributed by atoms with E-state index >= 15 is 0 Å². The monoisotopic (exact) mass is 627 g/mol. The highest BCUT2D eigenvalue weighted by Crippen LogP contribution is 2.45. The van der Waals surface area contributed by atoms with Gasteiger partial charge in [-0.2, -0.15) is 0 Å². The number of aromatic nitrogens is 3. The smallest absolute Gasteiger partial charge is 0.160 e. The maximum Gasteiger partial charge on any atom is 0.160 e. The molecule has 0 N–H and O–H groups in total. The maximum absolute atomic E-state index is 6.84. The van der Waals surface area contributed by atoms with E-state index in [0.29, 0.717) is 5.82 Å². The average molecular weight is 628 g/mol. The molecule has 0 saturated heterocycles. The number of hydrogen-bond acceptors (Lipinski definition) is 3. The van der Waals surface area contributed by atoms with E-state index in [1.807, 2.05) is 36.4 Å². The Labute approximate surface area is 282 Å². The minimum Gasteiger partial charge on any atom is -0.455 e. The first-order valence-electron chi connectivity index (χ1n) is 16.6. The summed E-state index contributed by atoms with van der Waals surface area (Å²) < 4.78 is 9.24. The van der Waals surface area contributed by atoms with Crippen molar-refractivity contribution in [3.05, 3.63) is 163 Å². The Morgan fingerprint density at radius 1 is 0.490 bits per heavy atom. The van der Waals surface area contributed by atoms with Gasteiger partial charge in [0.15, 0.2) is 5.82 Å². The van der Waals surface area contributed by atoms with Crippen LogP contribution in [0.25, 0.3) is 94.1 Å². The van der Waals surface area contributed by atoms with Gasteiger partial charge in [-0.15, -0.1) is 0 Å². The van der Waals surface area contributed by atoms with Crippen molar-refractivity contribution in [1.82, 2.24) is 14.5 Å². The molecule has 0 atom stereocenters. The van der Waals surface area contributed by atoms with E-state index in [1.165, 1.54) is 21.5 Å². The van der Waals surface area contributed by atoms with Crippen LogP contribution in [0.1, 0.15) is 5.56 Å². The highest BCUT2D eigenvalue weighted by molar-refractivity contribution is 6.16. The lowest BCUT2D eigenvalue weighted by Crippen LogP contribution is -2.04. The van der Waals surface area contributed by atoms with Crippen LogP contribution in [0.2, 0.25) is 0 Å². The molecule has 0 saturated carbocycles. The SMILES string of the molecule is Cc1c(-c2ccccc2)nc(-c2ccccc2)nc1-c1c(-n2c3ccccc3c3cc4ccccc4cc32)ccc2c1oc1ccccc12. The molecule has 4 heteroatoms. The van der Waals surface area contributed by atoms with Crippen molar-refractivity contribution in [2.45, 2.75) is 6.92 Å². The van der Waals surface area contributed by atoms with Gasteiger partial charge in [-0.1, -0.05) is 121 Å². The Hall–Kier alpha value is -6.52. The maximum atomic E-state index is 6.84. The highest BCUT2D eigenvalue weighted by atomic mass is 16.3. The standard InChI is InChI=1S/C45H29N3O/c1-28-42(29-14-4-2-5-15-29)46-45(30-16-6-3-7-17-30)47-43(28)41-38(25-24-35-34-21-11-13-23-40(34)49-44(35)41)48-37-22-12-10-20-33(37)36-26-31-18-8-9-19-32(31)27-39(36)48/h2-27H,1H3. The van der Waals surface area contributed by atoms with Crippen LogP contribution in [0.5, 0.6) is 0 Å². The third kappa shape index (κ3) is 4.24. The fraction of sp³-hybridized carbons (Fsp3) is 0.0222. The van der Waals surface area contributed by atoms with Crippen LogP contribution >= 0.6 is 0 Å². The molecule has 230 valence electrons. The molecule has 3 aromatic heterocycles. The number of furan rings is 1. The fourth-order valence-electron chi connectivity index (χ4n) is 7.46. The fourth-order valence-corrected chi connectivity index (χ4v) is 7.46. The number of fused-ring (bicyclic) bond motifs is 7. The molecule has 0 aliphatic heterocycles. The average Bonchev–Trinajstić information content (AvgIpc) is 3.70. The third-order valence-corrected chi connectivity index (χ3v) is 9.77. The summed E-state index contributed by atoms with van der Waals surface area (Å²) in [6, 6.07) is 55.3. The highest BCUT2D eigenvalue weighted by Gasteiger charge is 2.25. The summed E-state index contributed by atoms with van der Waals surface area (Å²) in [5.41, 5.74) is 10.6. The molecular formula is C45H29N3O. The van der Waals surface area contributed by atoms with E-state index < -0.39 is 0 Å². The second kappa shape index (κ2) is 10.8. The Morgan fingerprint density at radius 2 is 1.12 bits per heavy atom. The predicted molar refractivity (Wildman–Crippen MR) is 202 cm³/mol. The van der Waals surface area contributed by atoms with E-state index in [0.717, 1.165) is 72.3 Å². The van der Waals surface area contributed by atoms with Crippen LogP contribution < -0.4 is 0 Å². The lowest BCUT2D eigenvalue weighted by atomic mass is 9.97. The van der Waals surface area contributed by atoms with Crippen LogP contribution in [0, 0.1) is 6.92 Å². The summed E-state index contributed by atoms with van der Waals surface area (Å²) in [5, 5.41) is 6.96. The molecule has 10 aromatic rings. The van der Waals surface area contributed by atoms with E-state index in [1.54, 1.807) is 0 Å². The van der Waals surface area contributed by atoms with Gasteiger partial charge in [0.1, 0.15) is 11.2 Å². The molecule has 0 unspecified atom stereocenters. The molecule has 0 aliphatic rings. The van der Waals surface area contributed by atoms with Crippen molar-refractivity contribution < 1.29 is 4.42 Å². The minimum absolute atomic E-state index is 0.673. The molecule has 0 spiro atoms. The summed E-state index contributed by atoms with van der Waals surface area (Å²) in [5.74, 6) is 0.673. The van der Waals surface area contributed by atoms with Crippen molar-refractivity contribution in [3.63, 3.8) is 0 Å². The van der Waals surface area contributed by atoms with Gasteiger partial charge in [0, 0.05) is 38.2 Å².